The van der Waals surface area contributed by atoms with Crippen molar-refractivity contribution in [2.75, 3.05) is 13.1 Å². The van der Waals surface area contributed by atoms with Crippen LogP contribution in [0, 0.1) is 0 Å². The van der Waals surface area contributed by atoms with E-state index in [0.29, 0.717) is 19.5 Å². The van der Waals surface area contributed by atoms with Gasteiger partial charge in [-0.25, -0.2) is 0 Å². The SMILES string of the molecule is O=C(NCC1(c2cccc(Cl)c2)CCCC1)C1CC(O)CN1. The third-order valence-electron chi connectivity index (χ3n) is 5.02. The highest BCUT2D eigenvalue weighted by atomic mass is 35.5. The number of aliphatic hydroxyl groups is 1. The smallest absolute Gasteiger partial charge is 0.237 e. The summed E-state index contributed by atoms with van der Waals surface area (Å²) in [6, 6.07) is 7.73. The molecule has 5 heteroatoms. The van der Waals surface area contributed by atoms with Gasteiger partial charge in [0.15, 0.2) is 0 Å². The van der Waals surface area contributed by atoms with Crippen molar-refractivity contribution in [3.63, 3.8) is 0 Å². The lowest BCUT2D eigenvalue weighted by atomic mass is 9.78. The molecule has 2 fully saturated rings. The number of hydrogen-bond donors (Lipinski definition) is 3. The molecule has 0 radical (unpaired) electrons. The van der Waals surface area contributed by atoms with Crippen molar-refractivity contribution in [3.8, 4) is 0 Å². The summed E-state index contributed by atoms with van der Waals surface area (Å²) in [5.74, 6) is -0.00940. The van der Waals surface area contributed by atoms with Crippen molar-refractivity contribution in [2.24, 2.45) is 0 Å². The molecular formula is C17H23ClN2O2. The number of β-amino-alcohol motifs (C(OH)–C–C–N with tert-alkyl or cyclic N) is 1. The standard InChI is InChI=1S/C17H23ClN2O2/c18-13-5-3-4-12(8-13)17(6-1-2-7-17)11-20-16(22)15-9-14(21)10-19-15/h3-5,8,14-15,19,21H,1-2,6-7,9-11H2,(H,20,22). The third-order valence-corrected chi connectivity index (χ3v) is 5.26. The van der Waals surface area contributed by atoms with E-state index < -0.39 is 6.10 Å². The molecule has 1 amide bonds. The first kappa shape index (κ1) is 15.8. The van der Waals surface area contributed by atoms with Crippen LogP contribution in [0.1, 0.15) is 37.7 Å². The zero-order valence-electron chi connectivity index (χ0n) is 12.6. The molecule has 1 saturated carbocycles. The molecule has 2 unspecified atom stereocenters. The van der Waals surface area contributed by atoms with E-state index in [4.69, 9.17) is 11.6 Å². The van der Waals surface area contributed by atoms with Crippen LogP contribution in [0.3, 0.4) is 0 Å². The number of hydrogen-bond acceptors (Lipinski definition) is 3. The van der Waals surface area contributed by atoms with Crippen LogP contribution in [0.2, 0.25) is 5.02 Å². The minimum atomic E-state index is -0.413. The first-order valence-electron chi connectivity index (χ1n) is 8.04. The normalized spacial score (nSPS) is 27.0. The first-order valence-corrected chi connectivity index (χ1v) is 8.42. The number of carbonyl (C=O) groups excluding carboxylic acids is 1. The maximum Gasteiger partial charge on any atom is 0.237 e. The van der Waals surface area contributed by atoms with E-state index in [2.05, 4.69) is 16.7 Å². The summed E-state index contributed by atoms with van der Waals surface area (Å²) in [4.78, 5) is 12.3. The van der Waals surface area contributed by atoms with Crippen molar-refractivity contribution in [3.05, 3.63) is 34.9 Å². The molecule has 0 spiro atoms. The quantitative estimate of drug-likeness (QED) is 0.794. The zero-order chi connectivity index (χ0) is 15.6. The molecule has 1 saturated heterocycles. The molecule has 120 valence electrons. The number of amides is 1. The summed E-state index contributed by atoms with van der Waals surface area (Å²) in [5, 5.41) is 16.4. The van der Waals surface area contributed by atoms with Gasteiger partial charge < -0.3 is 15.7 Å². The van der Waals surface area contributed by atoms with Gasteiger partial charge in [0.25, 0.3) is 0 Å². The van der Waals surface area contributed by atoms with Gasteiger partial charge in [0.2, 0.25) is 5.91 Å². The lowest BCUT2D eigenvalue weighted by molar-refractivity contribution is -0.123. The van der Waals surface area contributed by atoms with Crippen molar-refractivity contribution in [1.29, 1.82) is 0 Å². The van der Waals surface area contributed by atoms with E-state index in [9.17, 15) is 9.90 Å². The lowest BCUT2D eigenvalue weighted by Gasteiger charge is -2.30. The largest absolute Gasteiger partial charge is 0.392 e. The Morgan fingerprint density at radius 1 is 1.41 bits per heavy atom. The summed E-state index contributed by atoms with van der Waals surface area (Å²) >= 11 is 6.14. The number of halogens is 1. The van der Waals surface area contributed by atoms with Gasteiger partial charge in [-0.2, -0.15) is 0 Å². The van der Waals surface area contributed by atoms with E-state index in [1.807, 2.05) is 18.2 Å². The Morgan fingerprint density at radius 3 is 2.82 bits per heavy atom. The molecule has 1 aromatic carbocycles. The molecular weight excluding hydrogens is 300 g/mol. The van der Waals surface area contributed by atoms with E-state index in [0.717, 1.165) is 17.9 Å². The summed E-state index contributed by atoms with van der Waals surface area (Å²) in [5.41, 5.74) is 1.22. The first-order chi connectivity index (χ1) is 10.6. The molecule has 22 heavy (non-hydrogen) atoms. The Balaban J connectivity index is 1.68. The minimum Gasteiger partial charge on any atom is -0.392 e. The highest BCUT2D eigenvalue weighted by Crippen LogP contribution is 2.41. The second kappa shape index (κ2) is 6.57. The van der Waals surface area contributed by atoms with Crippen LogP contribution in [0.4, 0.5) is 0 Å². The van der Waals surface area contributed by atoms with Crippen LogP contribution in [0.5, 0.6) is 0 Å². The molecule has 1 aromatic rings. The average molecular weight is 323 g/mol. The highest BCUT2D eigenvalue weighted by Gasteiger charge is 2.37. The maximum absolute atomic E-state index is 12.3. The summed E-state index contributed by atoms with van der Waals surface area (Å²) < 4.78 is 0. The van der Waals surface area contributed by atoms with Crippen LogP contribution in [-0.2, 0) is 10.2 Å². The Morgan fingerprint density at radius 2 is 2.18 bits per heavy atom. The molecule has 2 aliphatic rings. The summed E-state index contributed by atoms with van der Waals surface area (Å²) in [7, 11) is 0. The molecule has 2 atom stereocenters. The fourth-order valence-electron chi connectivity index (χ4n) is 3.73. The number of benzene rings is 1. The van der Waals surface area contributed by atoms with Gasteiger partial charge >= 0.3 is 0 Å². The van der Waals surface area contributed by atoms with E-state index in [-0.39, 0.29) is 17.4 Å². The van der Waals surface area contributed by atoms with Crippen molar-refractivity contribution in [1.82, 2.24) is 10.6 Å². The second-order valence-corrected chi connectivity index (χ2v) is 7.00. The molecule has 0 aromatic heterocycles. The predicted octanol–water partition coefficient (Wildman–Crippen LogP) is 1.99. The lowest BCUT2D eigenvalue weighted by Crippen LogP contribution is -2.46. The number of aliphatic hydroxyl groups excluding tert-OH is 1. The van der Waals surface area contributed by atoms with Crippen molar-refractivity contribution < 1.29 is 9.90 Å². The van der Waals surface area contributed by atoms with E-state index in [1.54, 1.807) is 0 Å². The molecule has 0 bridgehead atoms. The minimum absolute atomic E-state index is 0.00220. The number of carbonyl (C=O) groups is 1. The van der Waals surface area contributed by atoms with Gasteiger partial charge in [0.05, 0.1) is 12.1 Å². The Kier molecular flexibility index (Phi) is 4.71. The van der Waals surface area contributed by atoms with E-state index >= 15 is 0 Å². The highest BCUT2D eigenvalue weighted by molar-refractivity contribution is 6.30. The molecule has 3 rings (SSSR count). The Bertz CT molecular complexity index is 543. The van der Waals surface area contributed by atoms with Crippen molar-refractivity contribution >= 4 is 17.5 Å². The van der Waals surface area contributed by atoms with Gasteiger partial charge in [0.1, 0.15) is 0 Å². The van der Waals surface area contributed by atoms with Crippen LogP contribution < -0.4 is 10.6 Å². The summed E-state index contributed by atoms with van der Waals surface area (Å²) in [6.07, 6.45) is 4.61. The fourth-order valence-corrected chi connectivity index (χ4v) is 3.92. The van der Waals surface area contributed by atoms with Crippen LogP contribution in [0.25, 0.3) is 0 Å². The number of rotatable bonds is 4. The van der Waals surface area contributed by atoms with Gasteiger partial charge in [-0.1, -0.05) is 36.6 Å². The molecule has 3 N–H and O–H groups in total. The molecule has 1 aliphatic heterocycles. The molecule has 4 nitrogen and oxygen atoms in total. The van der Waals surface area contributed by atoms with Crippen LogP contribution >= 0.6 is 11.6 Å². The average Bonchev–Trinajstić information content (AvgIpc) is 3.15. The Labute approximate surface area is 136 Å². The van der Waals surface area contributed by atoms with Crippen LogP contribution in [-0.4, -0.2) is 36.2 Å². The van der Waals surface area contributed by atoms with Gasteiger partial charge in [0, 0.05) is 23.5 Å². The molecule has 1 heterocycles. The topological polar surface area (TPSA) is 61.4 Å². The van der Waals surface area contributed by atoms with Gasteiger partial charge in [-0.15, -0.1) is 0 Å². The number of nitrogens with one attached hydrogen (secondary N) is 2. The van der Waals surface area contributed by atoms with E-state index in [1.165, 1.54) is 18.4 Å². The fraction of sp³-hybridized carbons (Fsp3) is 0.588. The van der Waals surface area contributed by atoms with Gasteiger partial charge in [-0.05, 0) is 37.0 Å². The second-order valence-electron chi connectivity index (χ2n) is 6.57. The maximum atomic E-state index is 12.3. The third kappa shape index (κ3) is 3.29. The molecule has 1 aliphatic carbocycles. The summed E-state index contributed by atoms with van der Waals surface area (Å²) in [6.45, 7) is 1.14. The monoisotopic (exact) mass is 322 g/mol. The van der Waals surface area contributed by atoms with Gasteiger partial charge in [-0.3, -0.25) is 4.79 Å². The van der Waals surface area contributed by atoms with Crippen molar-refractivity contribution in [2.45, 2.75) is 49.7 Å². The zero-order valence-corrected chi connectivity index (χ0v) is 13.4. The Hall–Kier alpha value is -1.10. The predicted molar refractivity (Wildman–Crippen MR) is 87.0 cm³/mol. The van der Waals surface area contributed by atoms with Crippen LogP contribution in [0.15, 0.2) is 24.3 Å².